The number of ether oxygens (including phenoxy) is 2. The Kier molecular flexibility index (Phi) is 7.92. The summed E-state index contributed by atoms with van der Waals surface area (Å²) < 4.78 is 10.9. The number of carbonyl (C=O) groups excluding carboxylic acids is 1. The molecule has 0 saturated heterocycles. The zero-order valence-electron chi connectivity index (χ0n) is 15.5. The van der Waals surface area contributed by atoms with Crippen molar-refractivity contribution >= 4 is 11.8 Å². The molecule has 0 aliphatic rings. The Morgan fingerprint density at radius 1 is 1.24 bits per heavy atom. The summed E-state index contributed by atoms with van der Waals surface area (Å²) in [6.07, 6.45) is 3.29. The van der Waals surface area contributed by atoms with Gasteiger partial charge in [-0.05, 0) is 49.1 Å². The molecule has 136 valence electrons. The molecular weight excluding hydrogens is 320 g/mol. The molecule has 0 bridgehead atoms. The number of hydrogen-bond donors (Lipinski definition) is 1. The van der Waals surface area contributed by atoms with Crippen LogP contribution < -0.4 is 9.47 Å². The van der Waals surface area contributed by atoms with Gasteiger partial charge in [0.25, 0.3) is 0 Å². The molecule has 0 aliphatic carbocycles. The SMILES string of the molecule is CCC(C(=O)O)=C(C)C=CC(=O)c1cc(OC)ccc1OCC(C)C. The summed E-state index contributed by atoms with van der Waals surface area (Å²) in [5.41, 5.74) is 1.22. The first-order valence-electron chi connectivity index (χ1n) is 8.26. The molecule has 0 spiro atoms. The maximum atomic E-state index is 12.6. The van der Waals surface area contributed by atoms with Crippen molar-refractivity contribution in [1.82, 2.24) is 0 Å². The molecule has 1 aromatic carbocycles. The van der Waals surface area contributed by atoms with Gasteiger partial charge in [-0.1, -0.05) is 26.8 Å². The molecule has 1 rings (SSSR count). The second-order valence-corrected chi connectivity index (χ2v) is 6.08. The lowest BCUT2D eigenvalue weighted by Gasteiger charge is -2.13. The molecule has 1 N–H and O–H groups in total. The Bertz CT molecular complexity index is 683. The van der Waals surface area contributed by atoms with Crippen LogP contribution in [-0.2, 0) is 4.79 Å². The highest BCUT2D eigenvalue weighted by molar-refractivity contribution is 6.07. The average Bonchev–Trinajstić information content (AvgIpc) is 2.57. The Morgan fingerprint density at radius 2 is 1.92 bits per heavy atom. The minimum absolute atomic E-state index is 0.266. The molecule has 0 radical (unpaired) electrons. The lowest BCUT2D eigenvalue weighted by Crippen LogP contribution is -2.08. The number of carboxylic acids is 1. The van der Waals surface area contributed by atoms with Crippen molar-refractivity contribution in [2.24, 2.45) is 5.92 Å². The molecule has 0 heterocycles. The van der Waals surface area contributed by atoms with Gasteiger partial charge in [-0.25, -0.2) is 4.79 Å². The van der Waals surface area contributed by atoms with E-state index in [-0.39, 0.29) is 11.4 Å². The molecule has 0 aliphatic heterocycles. The molecule has 0 unspecified atom stereocenters. The van der Waals surface area contributed by atoms with Crippen LogP contribution in [0.25, 0.3) is 0 Å². The van der Waals surface area contributed by atoms with Gasteiger partial charge in [0, 0.05) is 5.57 Å². The number of ketones is 1. The fourth-order valence-corrected chi connectivity index (χ4v) is 2.20. The van der Waals surface area contributed by atoms with Gasteiger partial charge in [0.15, 0.2) is 5.78 Å². The van der Waals surface area contributed by atoms with Crippen LogP contribution in [-0.4, -0.2) is 30.6 Å². The highest BCUT2D eigenvalue weighted by Gasteiger charge is 2.13. The van der Waals surface area contributed by atoms with Crippen molar-refractivity contribution < 1.29 is 24.2 Å². The second-order valence-electron chi connectivity index (χ2n) is 6.08. The third-order valence-electron chi connectivity index (χ3n) is 3.60. The minimum atomic E-state index is -0.973. The van der Waals surface area contributed by atoms with Crippen LogP contribution in [0.3, 0.4) is 0 Å². The van der Waals surface area contributed by atoms with E-state index >= 15 is 0 Å². The quantitative estimate of drug-likeness (QED) is 0.410. The third-order valence-corrected chi connectivity index (χ3v) is 3.60. The van der Waals surface area contributed by atoms with Crippen LogP contribution in [0.2, 0.25) is 0 Å². The lowest BCUT2D eigenvalue weighted by molar-refractivity contribution is -0.132. The van der Waals surface area contributed by atoms with Crippen molar-refractivity contribution in [3.05, 3.63) is 47.1 Å². The van der Waals surface area contributed by atoms with Gasteiger partial charge in [0.05, 0.1) is 19.3 Å². The molecule has 0 fully saturated rings. The van der Waals surface area contributed by atoms with E-state index in [1.165, 1.54) is 19.3 Å². The number of rotatable bonds is 9. The van der Waals surface area contributed by atoms with Crippen molar-refractivity contribution in [3.63, 3.8) is 0 Å². The molecule has 5 nitrogen and oxygen atoms in total. The van der Waals surface area contributed by atoms with Gasteiger partial charge in [-0.2, -0.15) is 0 Å². The molecular formula is C20H26O5. The van der Waals surface area contributed by atoms with Gasteiger partial charge < -0.3 is 14.6 Å². The first-order valence-corrected chi connectivity index (χ1v) is 8.26. The van der Waals surface area contributed by atoms with E-state index in [9.17, 15) is 9.59 Å². The smallest absolute Gasteiger partial charge is 0.331 e. The van der Waals surface area contributed by atoms with Crippen LogP contribution >= 0.6 is 0 Å². The van der Waals surface area contributed by atoms with E-state index < -0.39 is 5.97 Å². The fourth-order valence-electron chi connectivity index (χ4n) is 2.20. The first-order chi connectivity index (χ1) is 11.8. The number of carbonyl (C=O) groups is 2. The van der Waals surface area contributed by atoms with Gasteiger partial charge >= 0.3 is 5.97 Å². The summed E-state index contributed by atoms with van der Waals surface area (Å²) >= 11 is 0. The Labute approximate surface area is 149 Å². The number of hydrogen-bond acceptors (Lipinski definition) is 4. The van der Waals surface area contributed by atoms with E-state index in [1.807, 2.05) is 13.8 Å². The number of benzene rings is 1. The zero-order valence-corrected chi connectivity index (χ0v) is 15.5. The highest BCUT2D eigenvalue weighted by Crippen LogP contribution is 2.26. The normalized spacial score (nSPS) is 12.2. The fraction of sp³-hybridized carbons (Fsp3) is 0.400. The van der Waals surface area contributed by atoms with E-state index in [0.29, 0.717) is 41.6 Å². The molecule has 5 heteroatoms. The summed E-state index contributed by atoms with van der Waals surface area (Å²) in [5.74, 6) is 0.131. The van der Waals surface area contributed by atoms with Crippen molar-refractivity contribution in [3.8, 4) is 11.5 Å². The summed E-state index contributed by atoms with van der Waals surface area (Å²) in [6.45, 7) is 7.99. The van der Waals surface area contributed by atoms with Crippen molar-refractivity contribution in [1.29, 1.82) is 0 Å². The van der Waals surface area contributed by atoms with Crippen LogP contribution in [0.5, 0.6) is 11.5 Å². The van der Waals surface area contributed by atoms with Crippen molar-refractivity contribution in [2.75, 3.05) is 13.7 Å². The number of methoxy groups -OCH3 is 1. The second kappa shape index (κ2) is 9.67. The molecule has 0 saturated carbocycles. The number of allylic oxidation sites excluding steroid dienone is 3. The van der Waals surface area contributed by atoms with Crippen LogP contribution in [0.4, 0.5) is 0 Å². The number of carboxylic acid groups (broad SMARTS) is 1. The Hall–Kier alpha value is -2.56. The monoisotopic (exact) mass is 346 g/mol. The predicted octanol–water partition coefficient (Wildman–Crippen LogP) is 4.28. The molecule has 0 amide bonds. The zero-order chi connectivity index (χ0) is 19.0. The summed E-state index contributed by atoms with van der Waals surface area (Å²) in [7, 11) is 1.53. The van der Waals surface area contributed by atoms with Gasteiger partial charge in [-0.15, -0.1) is 0 Å². The van der Waals surface area contributed by atoms with E-state index in [2.05, 4.69) is 0 Å². The standard InChI is InChI=1S/C20H26O5/c1-6-16(20(22)23)14(4)7-9-18(21)17-11-15(24-5)8-10-19(17)25-12-13(2)3/h7-11,13H,6,12H2,1-5H3,(H,22,23). The van der Waals surface area contributed by atoms with Gasteiger partial charge in [0.2, 0.25) is 0 Å². The van der Waals surface area contributed by atoms with Gasteiger partial charge in [0.1, 0.15) is 11.5 Å². The summed E-state index contributed by atoms with van der Waals surface area (Å²) in [4.78, 5) is 23.7. The number of aliphatic carboxylic acids is 1. The van der Waals surface area contributed by atoms with E-state index in [0.717, 1.165) is 0 Å². The molecule has 0 aromatic heterocycles. The Balaban J connectivity index is 3.14. The molecule has 0 atom stereocenters. The Morgan fingerprint density at radius 3 is 2.44 bits per heavy atom. The van der Waals surface area contributed by atoms with Gasteiger partial charge in [-0.3, -0.25) is 4.79 Å². The van der Waals surface area contributed by atoms with Crippen LogP contribution in [0.1, 0.15) is 44.5 Å². The lowest BCUT2D eigenvalue weighted by atomic mass is 10.0. The predicted molar refractivity (Wildman–Crippen MR) is 97.4 cm³/mol. The molecule has 1 aromatic rings. The maximum Gasteiger partial charge on any atom is 0.331 e. The van der Waals surface area contributed by atoms with Crippen LogP contribution in [0.15, 0.2) is 41.5 Å². The third kappa shape index (κ3) is 6.10. The minimum Gasteiger partial charge on any atom is -0.497 e. The van der Waals surface area contributed by atoms with E-state index in [4.69, 9.17) is 14.6 Å². The average molecular weight is 346 g/mol. The summed E-state index contributed by atoms with van der Waals surface area (Å²) in [5, 5.41) is 9.15. The first kappa shape index (κ1) is 20.5. The van der Waals surface area contributed by atoms with E-state index in [1.54, 1.807) is 32.0 Å². The maximum absolute atomic E-state index is 12.6. The van der Waals surface area contributed by atoms with Crippen molar-refractivity contribution in [2.45, 2.75) is 34.1 Å². The topological polar surface area (TPSA) is 72.8 Å². The van der Waals surface area contributed by atoms with Crippen LogP contribution in [0, 0.1) is 5.92 Å². The summed E-state index contributed by atoms with van der Waals surface area (Å²) in [6, 6.07) is 5.07. The highest BCUT2D eigenvalue weighted by atomic mass is 16.5. The molecule has 25 heavy (non-hydrogen) atoms. The largest absolute Gasteiger partial charge is 0.497 e.